The zero-order chi connectivity index (χ0) is 15.4. The number of amides is 1. The number of hydrazone groups is 1. The number of hydrogen-bond donors (Lipinski definition) is 1. The van der Waals surface area contributed by atoms with Crippen LogP contribution in [0, 0.1) is 19.7 Å². The van der Waals surface area contributed by atoms with Gasteiger partial charge in [-0.2, -0.15) is 5.10 Å². The molecular formula is C17H17FN2O. The predicted octanol–water partition coefficient (Wildman–Crippen LogP) is 3.60. The van der Waals surface area contributed by atoms with Crippen LogP contribution < -0.4 is 5.43 Å². The summed E-state index contributed by atoms with van der Waals surface area (Å²) in [6.07, 6.45) is 0. The van der Waals surface area contributed by atoms with Crippen LogP contribution in [0.4, 0.5) is 4.39 Å². The molecule has 1 N–H and O–H groups in total. The van der Waals surface area contributed by atoms with Gasteiger partial charge in [-0.1, -0.05) is 18.2 Å². The van der Waals surface area contributed by atoms with E-state index in [9.17, 15) is 9.18 Å². The van der Waals surface area contributed by atoms with Crippen molar-refractivity contribution in [3.63, 3.8) is 0 Å². The lowest BCUT2D eigenvalue weighted by Crippen LogP contribution is -2.19. The van der Waals surface area contributed by atoms with E-state index < -0.39 is 11.7 Å². The first-order valence-electron chi connectivity index (χ1n) is 6.65. The van der Waals surface area contributed by atoms with Gasteiger partial charge in [-0.15, -0.1) is 0 Å². The summed E-state index contributed by atoms with van der Waals surface area (Å²) >= 11 is 0. The highest BCUT2D eigenvalue weighted by atomic mass is 19.1. The van der Waals surface area contributed by atoms with Crippen LogP contribution in [-0.2, 0) is 0 Å². The van der Waals surface area contributed by atoms with Gasteiger partial charge in [-0.3, -0.25) is 4.79 Å². The van der Waals surface area contributed by atoms with Crippen LogP contribution in [0.15, 0.2) is 47.6 Å². The summed E-state index contributed by atoms with van der Waals surface area (Å²) in [5, 5.41) is 4.07. The highest BCUT2D eigenvalue weighted by molar-refractivity contribution is 6.01. The van der Waals surface area contributed by atoms with Crippen molar-refractivity contribution in [2.75, 3.05) is 0 Å². The average molecular weight is 284 g/mol. The first-order chi connectivity index (χ1) is 9.97. The third kappa shape index (κ3) is 3.75. The number of nitrogens with zero attached hydrogens (tertiary/aromatic N) is 1. The van der Waals surface area contributed by atoms with Gasteiger partial charge >= 0.3 is 0 Å². The van der Waals surface area contributed by atoms with Crippen LogP contribution in [0.1, 0.15) is 34.0 Å². The molecule has 21 heavy (non-hydrogen) atoms. The van der Waals surface area contributed by atoms with Gasteiger partial charge < -0.3 is 0 Å². The first kappa shape index (κ1) is 14.9. The number of aryl methyl sites for hydroxylation is 2. The number of carbonyl (C=O) groups is 1. The smallest absolute Gasteiger partial charge is 0.267 e. The third-order valence-corrected chi connectivity index (χ3v) is 3.34. The van der Waals surface area contributed by atoms with Crippen LogP contribution in [0.3, 0.4) is 0 Å². The average Bonchev–Trinajstić information content (AvgIpc) is 2.47. The summed E-state index contributed by atoms with van der Waals surface area (Å²) in [5.41, 5.74) is 6.69. The van der Waals surface area contributed by atoms with Gasteiger partial charge in [0.25, 0.3) is 5.91 Å². The van der Waals surface area contributed by atoms with Gasteiger partial charge in [0, 0.05) is 5.56 Å². The lowest BCUT2D eigenvalue weighted by atomic mass is 10.0. The molecule has 0 spiro atoms. The number of nitrogens with one attached hydrogen (secondary N) is 1. The zero-order valence-electron chi connectivity index (χ0n) is 12.3. The van der Waals surface area contributed by atoms with Crippen molar-refractivity contribution in [2.45, 2.75) is 20.8 Å². The lowest BCUT2D eigenvalue weighted by molar-refractivity contribution is 0.0954. The molecule has 0 fully saturated rings. The SMILES string of the molecule is C/C(=N\NC(=O)c1cccc(F)c1)c1ccc(C)c(C)c1. The standard InChI is InChI=1S/C17H17FN2O/c1-11-7-8-14(9-12(11)2)13(3)19-20-17(21)15-5-4-6-16(18)10-15/h4-10H,1-3H3,(H,20,21)/b19-13+. The van der Waals surface area contributed by atoms with Crippen LogP contribution >= 0.6 is 0 Å². The van der Waals surface area contributed by atoms with Crippen LogP contribution in [0.2, 0.25) is 0 Å². The Morgan fingerprint density at radius 2 is 1.81 bits per heavy atom. The molecule has 0 bridgehead atoms. The fourth-order valence-electron chi connectivity index (χ4n) is 1.86. The summed E-state index contributed by atoms with van der Waals surface area (Å²) in [7, 11) is 0. The first-order valence-corrected chi connectivity index (χ1v) is 6.65. The van der Waals surface area contributed by atoms with Gasteiger partial charge in [-0.05, 0) is 61.7 Å². The molecule has 0 radical (unpaired) electrons. The van der Waals surface area contributed by atoms with E-state index in [1.54, 1.807) is 6.07 Å². The highest BCUT2D eigenvalue weighted by Crippen LogP contribution is 2.10. The molecule has 4 heteroatoms. The summed E-state index contributed by atoms with van der Waals surface area (Å²) < 4.78 is 13.1. The summed E-state index contributed by atoms with van der Waals surface area (Å²) in [6, 6.07) is 11.5. The van der Waals surface area contributed by atoms with Crippen molar-refractivity contribution in [1.29, 1.82) is 0 Å². The van der Waals surface area contributed by atoms with Gasteiger partial charge in [0.15, 0.2) is 0 Å². The third-order valence-electron chi connectivity index (χ3n) is 3.34. The molecule has 0 heterocycles. The molecule has 108 valence electrons. The van der Waals surface area contributed by atoms with Gasteiger partial charge in [0.1, 0.15) is 5.82 Å². The lowest BCUT2D eigenvalue weighted by Gasteiger charge is -2.06. The van der Waals surface area contributed by atoms with E-state index in [0.717, 1.165) is 5.56 Å². The molecule has 0 saturated carbocycles. The Bertz CT molecular complexity index is 708. The van der Waals surface area contributed by atoms with Crippen LogP contribution in [0.5, 0.6) is 0 Å². The normalized spacial score (nSPS) is 11.3. The summed E-state index contributed by atoms with van der Waals surface area (Å²) in [5.74, 6) is -0.879. The highest BCUT2D eigenvalue weighted by Gasteiger charge is 2.06. The fraction of sp³-hybridized carbons (Fsp3) is 0.176. The quantitative estimate of drug-likeness (QED) is 0.679. The maximum absolute atomic E-state index is 13.1. The molecule has 3 nitrogen and oxygen atoms in total. The Labute approximate surface area is 123 Å². The van der Waals surface area contributed by atoms with Crippen LogP contribution in [-0.4, -0.2) is 11.6 Å². The van der Waals surface area contributed by atoms with Crippen molar-refractivity contribution in [3.8, 4) is 0 Å². The van der Waals surface area contributed by atoms with E-state index in [-0.39, 0.29) is 5.56 Å². The van der Waals surface area contributed by atoms with Crippen molar-refractivity contribution in [3.05, 3.63) is 70.5 Å². The van der Waals surface area contributed by atoms with Crippen molar-refractivity contribution in [1.82, 2.24) is 5.43 Å². The minimum absolute atomic E-state index is 0.242. The van der Waals surface area contributed by atoms with Crippen LogP contribution in [0.25, 0.3) is 0 Å². The van der Waals surface area contributed by atoms with Crippen molar-refractivity contribution < 1.29 is 9.18 Å². The van der Waals surface area contributed by atoms with Gasteiger partial charge in [0.2, 0.25) is 0 Å². The fourth-order valence-corrected chi connectivity index (χ4v) is 1.86. The summed E-state index contributed by atoms with van der Waals surface area (Å²) in [6.45, 7) is 5.88. The van der Waals surface area contributed by atoms with E-state index in [1.807, 2.05) is 39.0 Å². The molecule has 2 aromatic rings. The number of benzene rings is 2. The molecule has 0 saturated heterocycles. The second kappa shape index (κ2) is 6.31. The monoisotopic (exact) mass is 284 g/mol. The molecule has 2 aromatic carbocycles. The minimum Gasteiger partial charge on any atom is -0.267 e. The zero-order valence-corrected chi connectivity index (χ0v) is 12.3. The van der Waals surface area contributed by atoms with Crippen molar-refractivity contribution in [2.24, 2.45) is 5.10 Å². The van der Waals surface area contributed by atoms with E-state index in [1.165, 1.54) is 29.3 Å². The van der Waals surface area contributed by atoms with E-state index in [2.05, 4.69) is 10.5 Å². The predicted molar refractivity (Wildman–Crippen MR) is 82.0 cm³/mol. The number of hydrogen-bond acceptors (Lipinski definition) is 2. The molecule has 0 unspecified atom stereocenters. The molecule has 0 atom stereocenters. The second-order valence-corrected chi connectivity index (χ2v) is 4.95. The molecular weight excluding hydrogens is 267 g/mol. The minimum atomic E-state index is -0.447. The molecule has 1 amide bonds. The summed E-state index contributed by atoms with van der Waals surface area (Å²) in [4.78, 5) is 11.9. The van der Waals surface area contributed by atoms with E-state index in [0.29, 0.717) is 5.71 Å². The Balaban J connectivity index is 2.13. The Morgan fingerprint density at radius 1 is 1.05 bits per heavy atom. The molecule has 0 aliphatic heterocycles. The Morgan fingerprint density at radius 3 is 2.48 bits per heavy atom. The molecule has 0 aliphatic carbocycles. The van der Waals surface area contributed by atoms with E-state index >= 15 is 0 Å². The molecule has 2 rings (SSSR count). The largest absolute Gasteiger partial charge is 0.271 e. The maximum Gasteiger partial charge on any atom is 0.271 e. The van der Waals surface area contributed by atoms with Gasteiger partial charge in [0.05, 0.1) is 5.71 Å². The van der Waals surface area contributed by atoms with Crippen molar-refractivity contribution >= 4 is 11.6 Å². The number of carbonyl (C=O) groups excluding carboxylic acids is 1. The Kier molecular flexibility index (Phi) is 4.48. The van der Waals surface area contributed by atoms with Gasteiger partial charge in [-0.25, -0.2) is 9.82 Å². The topological polar surface area (TPSA) is 41.5 Å². The number of halogens is 1. The Hall–Kier alpha value is -2.49. The number of rotatable bonds is 3. The maximum atomic E-state index is 13.1. The van der Waals surface area contributed by atoms with E-state index in [4.69, 9.17) is 0 Å². The molecule has 0 aliphatic rings. The molecule has 0 aromatic heterocycles. The second-order valence-electron chi connectivity index (χ2n) is 4.95.